The van der Waals surface area contributed by atoms with Gasteiger partial charge in [-0.15, -0.1) is 0 Å². The molecule has 0 aromatic heterocycles. The van der Waals surface area contributed by atoms with E-state index in [9.17, 15) is 0 Å². The molecule has 0 fully saturated rings. The molecule has 3 nitrogen and oxygen atoms in total. The molecule has 124 valence electrons. The van der Waals surface area contributed by atoms with Crippen LogP contribution < -0.4 is 0 Å². The zero-order valence-electron chi connectivity index (χ0n) is 14.3. The van der Waals surface area contributed by atoms with Gasteiger partial charge in [0.05, 0.1) is 13.2 Å². The summed E-state index contributed by atoms with van der Waals surface area (Å²) < 4.78 is 11.7. The minimum atomic E-state index is 0.753. The summed E-state index contributed by atoms with van der Waals surface area (Å²) in [5, 5.41) is 0. The van der Waals surface area contributed by atoms with Gasteiger partial charge in [-0.05, 0) is 0 Å². The normalized spacial score (nSPS) is 11.6. The van der Waals surface area contributed by atoms with E-state index < -0.39 is 0 Å². The first-order chi connectivity index (χ1) is 11.3. The predicted molar refractivity (Wildman–Crippen MR) is 94.0 cm³/mol. The summed E-state index contributed by atoms with van der Waals surface area (Å²) in [6, 6.07) is 21.4. The molecule has 2 aromatic rings. The van der Waals surface area contributed by atoms with Crippen molar-refractivity contribution in [2.75, 3.05) is 40.5 Å². The summed E-state index contributed by atoms with van der Waals surface area (Å²) in [4.78, 5) is 0. The minimum Gasteiger partial charge on any atom is -0.379 e. The summed E-state index contributed by atoms with van der Waals surface area (Å²) in [5.41, 5.74) is 2.71. The van der Waals surface area contributed by atoms with E-state index in [4.69, 9.17) is 9.47 Å². The Balaban J connectivity index is 2.24. The molecule has 0 spiro atoms. The Morgan fingerprint density at radius 1 is 0.652 bits per heavy atom. The van der Waals surface area contributed by atoms with Crippen LogP contribution in [0.1, 0.15) is 11.1 Å². The lowest BCUT2D eigenvalue weighted by Gasteiger charge is -2.39. The van der Waals surface area contributed by atoms with Gasteiger partial charge in [-0.2, -0.15) is 0 Å². The van der Waals surface area contributed by atoms with E-state index >= 15 is 0 Å². The fraction of sp³-hybridized carbons (Fsp3) is 0.400. The largest absolute Gasteiger partial charge is 0.379 e. The molecule has 23 heavy (non-hydrogen) atoms. The third-order valence-electron chi connectivity index (χ3n) is 4.26. The van der Waals surface area contributed by atoms with Crippen molar-refractivity contribution in [2.24, 2.45) is 0 Å². The van der Waals surface area contributed by atoms with E-state index in [2.05, 4.69) is 60.7 Å². The highest BCUT2D eigenvalue weighted by Gasteiger charge is 2.28. The summed E-state index contributed by atoms with van der Waals surface area (Å²) in [5.74, 6) is 0. The van der Waals surface area contributed by atoms with Crippen LogP contribution in [0.5, 0.6) is 0 Å². The number of rotatable bonds is 10. The maximum Gasteiger partial charge on any atom is 0.105 e. The van der Waals surface area contributed by atoms with Gasteiger partial charge in [0, 0.05) is 25.3 Å². The maximum absolute atomic E-state index is 5.40. The topological polar surface area (TPSA) is 18.5 Å². The fourth-order valence-electron chi connectivity index (χ4n) is 3.00. The van der Waals surface area contributed by atoms with E-state index in [0.717, 1.165) is 43.9 Å². The molecule has 0 aliphatic rings. The van der Waals surface area contributed by atoms with E-state index in [1.165, 1.54) is 11.1 Å². The molecule has 0 unspecified atom stereocenters. The molecule has 0 atom stereocenters. The van der Waals surface area contributed by atoms with Crippen LogP contribution >= 0.6 is 0 Å². The third-order valence-corrected chi connectivity index (χ3v) is 4.26. The van der Waals surface area contributed by atoms with Crippen molar-refractivity contribution in [3.05, 3.63) is 71.8 Å². The molecule has 0 heterocycles. The zero-order valence-corrected chi connectivity index (χ0v) is 14.3. The number of ether oxygens (including phenoxy) is 2. The lowest BCUT2D eigenvalue weighted by molar-refractivity contribution is -0.954. The molecule has 0 radical (unpaired) electrons. The Hall–Kier alpha value is -1.68. The first-order valence-corrected chi connectivity index (χ1v) is 8.19. The monoisotopic (exact) mass is 314 g/mol. The van der Waals surface area contributed by atoms with Gasteiger partial charge in [0.1, 0.15) is 26.2 Å². The number of nitrogens with zero attached hydrogens (tertiary/aromatic N) is 1. The van der Waals surface area contributed by atoms with Gasteiger partial charge in [0.25, 0.3) is 0 Å². The molecule has 0 aliphatic heterocycles. The van der Waals surface area contributed by atoms with Crippen LogP contribution in [-0.2, 0) is 22.6 Å². The summed E-state index contributed by atoms with van der Waals surface area (Å²) in [7, 11) is 3.55. The second-order valence-corrected chi connectivity index (χ2v) is 6.06. The molecule has 0 aliphatic carbocycles. The average Bonchev–Trinajstić information content (AvgIpc) is 2.60. The Labute approximate surface area is 140 Å². The minimum absolute atomic E-state index is 0.753. The van der Waals surface area contributed by atoms with E-state index in [1.807, 2.05) is 0 Å². The van der Waals surface area contributed by atoms with Crippen LogP contribution in [0.15, 0.2) is 60.7 Å². The molecule has 0 bridgehead atoms. The van der Waals surface area contributed by atoms with Gasteiger partial charge in [0.15, 0.2) is 0 Å². The van der Waals surface area contributed by atoms with Gasteiger partial charge < -0.3 is 14.0 Å². The highest BCUT2D eigenvalue weighted by Crippen LogP contribution is 2.20. The molecule has 2 aromatic carbocycles. The first kappa shape index (κ1) is 17.7. The van der Waals surface area contributed by atoms with Gasteiger partial charge in [-0.1, -0.05) is 60.7 Å². The fourth-order valence-corrected chi connectivity index (χ4v) is 3.00. The van der Waals surface area contributed by atoms with E-state index in [1.54, 1.807) is 14.2 Å². The molecule has 0 N–H and O–H groups in total. The Morgan fingerprint density at radius 2 is 1.04 bits per heavy atom. The predicted octanol–water partition coefficient (Wildman–Crippen LogP) is 3.50. The summed E-state index contributed by atoms with van der Waals surface area (Å²) in [6.45, 7) is 5.44. The Morgan fingerprint density at radius 3 is 1.39 bits per heavy atom. The van der Waals surface area contributed by atoms with Crippen molar-refractivity contribution in [3.63, 3.8) is 0 Å². The number of hydrogen-bond donors (Lipinski definition) is 0. The number of hydrogen-bond acceptors (Lipinski definition) is 2. The lowest BCUT2D eigenvalue weighted by atomic mass is 10.1. The standard InChI is InChI=1S/C20H28NO2/c1-22-15-13-21(14-16-23-2,17-19-9-5-3-6-10-19)18-20-11-7-4-8-12-20/h3-12H,13-18H2,1-2H3/q+1. The van der Waals surface area contributed by atoms with Crippen LogP contribution in [-0.4, -0.2) is 45.0 Å². The van der Waals surface area contributed by atoms with E-state index in [0.29, 0.717) is 0 Å². The second-order valence-electron chi connectivity index (χ2n) is 6.06. The molecule has 3 heteroatoms. The van der Waals surface area contributed by atoms with Crippen LogP contribution in [0.4, 0.5) is 0 Å². The highest BCUT2D eigenvalue weighted by atomic mass is 16.5. The molecular weight excluding hydrogens is 286 g/mol. The van der Waals surface area contributed by atoms with Gasteiger partial charge in [0.2, 0.25) is 0 Å². The van der Waals surface area contributed by atoms with Crippen LogP contribution in [0, 0.1) is 0 Å². The van der Waals surface area contributed by atoms with Crippen LogP contribution in [0.2, 0.25) is 0 Å². The van der Waals surface area contributed by atoms with Gasteiger partial charge in [-0.3, -0.25) is 0 Å². The van der Waals surface area contributed by atoms with Crippen molar-refractivity contribution >= 4 is 0 Å². The quantitative estimate of drug-likeness (QED) is 0.625. The number of quaternary nitrogens is 1. The summed E-state index contributed by atoms with van der Waals surface area (Å²) >= 11 is 0. The Kier molecular flexibility index (Phi) is 7.27. The average molecular weight is 314 g/mol. The van der Waals surface area contributed by atoms with Crippen molar-refractivity contribution in [1.82, 2.24) is 0 Å². The van der Waals surface area contributed by atoms with Gasteiger partial charge >= 0.3 is 0 Å². The summed E-state index contributed by atoms with van der Waals surface area (Å²) in [6.07, 6.45) is 0. The molecule has 2 rings (SSSR count). The number of benzene rings is 2. The van der Waals surface area contributed by atoms with Crippen molar-refractivity contribution in [2.45, 2.75) is 13.1 Å². The smallest absolute Gasteiger partial charge is 0.105 e. The molecule has 0 amide bonds. The third kappa shape index (κ3) is 5.79. The molecule has 0 saturated carbocycles. The van der Waals surface area contributed by atoms with Crippen LogP contribution in [0.25, 0.3) is 0 Å². The zero-order chi connectivity index (χ0) is 16.4. The highest BCUT2D eigenvalue weighted by molar-refractivity contribution is 5.15. The van der Waals surface area contributed by atoms with E-state index in [-0.39, 0.29) is 0 Å². The Bertz CT molecular complexity index is 491. The SMILES string of the molecule is COCC[N+](CCOC)(Cc1ccccc1)Cc1ccccc1. The lowest BCUT2D eigenvalue weighted by Crippen LogP contribution is -2.50. The molecule has 0 saturated heterocycles. The van der Waals surface area contributed by atoms with Gasteiger partial charge in [-0.25, -0.2) is 0 Å². The first-order valence-electron chi connectivity index (χ1n) is 8.19. The molecular formula is C20H28NO2+. The van der Waals surface area contributed by atoms with Crippen molar-refractivity contribution in [3.8, 4) is 0 Å². The second kappa shape index (κ2) is 9.46. The van der Waals surface area contributed by atoms with Crippen LogP contribution in [0.3, 0.4) is 0 Å². The van der Waals surface area contributed by atoms with Crippen molar-refractivity contribution < 1.29 is 14.0 Å². The van der Waals surface area contributed by atoms with Crippen molar-refractivity contribution in [1.29, 1.82) is 0 Å². The maximum atomic E-state index is 5.40. The number of methoxy groups -OCH3 is 2.